The van der Waals surface area contributed by atoms with Crippen LogP contribution in [0.1, 0.15) is 60.3 Å². The lowest BCUT2D eigenvalue weighted by atomic mass is 9.95. The second-order valence-electron chi connectivity index (χ2n) is 5.39. The molecule has 17 heavy (non-hydrogen) atoms. The van der Waals surface area contributed by atoms with Crippen molar-refractivity contribution in [1.82, 2.24) is 0 Å². The Morgan fingerprint density at radius 2 is 1.65 bits per heavy atom. The minimum Gasteiger partial charge on any atom is -0.390 e. The molecular weight excluding hydrogens is 216 g/mol. The van der Waals surface area contributed by atoms with Gasteiger partial charge in [0.05, 0.1) is 5.60 Å². The largest absolute Gasteiger partial charge is 0.390 e. The first kappa shape index (κ1) is 16.9. The summed E-state index contributed by atoms with van der Waals surface area (Å²) in [5.41, 5.74) is -0.543. The van der Waals surface area contributed by atoms with Crippen LogP contribution in [0.5, 0.6) is 0 Å². The molecular formula is C14H30O3. The number of aliphatic hydroxyl groups is 1. The molecule has 104 valence electrons. The van der Waals surface area contributed by atoms with Crippen LogP contribution in [0, 0.1) is 5.92 Å². The maximum atomic E-state index is 9.63. The van der Waals surface area contributed by atoms with Crippen molar-refractivity contribution >= 4 is 0 Å². The average molecular weight is 246 g/mol. The smallest absolute Gasteiger partial charge is 0.157 e. The van der Waals surface area contributed by atoms with Gasteiger partial charge in [0.2, 0.25) is 0 Å². The van der Waals surface area contributed by atoms with Crippen molar-refractivity contribution in [1.29, 1.82) is 0 Å². The first-order valence-corrected chi connectivity index (χ1v) is 6.84. The van der Waals surface area contributed by atoms with Crippen LogP contribution >= 0.6 is 0 Å². The first-order chi connectivity index (χ1) is 7.89. The van der Waals surface area contributed by atoms with Gasteiger partial charge >= 0.3 is 0 Å². The summed E-state index contributed by atoms with van der Waals surface area (Å²) in [5.74, 6) is 0.570. The molecule has 0 saturated heterocycles. The van der Waals surface area contributed by atoms with Crippen LogP contribution in [0.3, 0.4) is 0 Å². The van der Waals surface area contributed by atoms with E-state index in [2.05, 4.69) is 6.92 Å². The summed E-state index contributed by atoms with van der Waals surface area (Å²) in [6.07, 6.45) is 3.89. The Balaban J connectivity index is 3.77. The highest BCUT2D eigenvalue weighted by atomic mass is 16.7. The molecule has 1 atom stereocenters. The molecule has 0 unspecified atom stereocenters. The van der Waals surface area contributed by atoms with Crippen molar-refractivity contribution in [3.63, 3.8) is 0 Å². The summed E-state index contributed by atoms with van der Waals surface area (Å²) < 4.78 is 11.1. The molecule has 0 heterocycles. The Bertz CT molecular complexity index is 169. The highest BCUT2D eigenvalue weighted by molar-refractivity contribution is 4.66. The van der Waals surface area contributed by atoms with E-state index in [9.17, 15) is 5.11 Å². The van der Waals surface area contributed by atoms with Gasteiger partial charge in [0, 0.05) is 19.6 Å². The summed E-state index contributed by atoms with van der Waals surface area (Å²) in [4.78, 5) is 0. The van der Waals surface area contributed by atoms with Crippen LogP contribution in [0.4, 0.5) is 0 Å². The molecule has 0 radical (unpaired) electrons. The second kappa shape index (κ2) is 8.90. The van der Waals surface area contributed by atoms with Crippen molar-refractivity contribution < 1.29 is 14.6 Å². The predicted molar refractivity (Wildman–Crippen MR) is 71.0 cm³/mol. The van der Waals surface area contributed by atoms with E-state index >= 15 is 0 Å². The van der Waals surface area contributed by atoms with E-state index in [0.29, 0.717) is 19.1 Å². The Morgan fingerprint density at radius 1 is 1.12 bits per heavy atom. The standard InChI is InChI=1S/C14H30O3/c1-6-16-13(17-7-2)11-12(3)9-8-10-14(4,5)15/h12-13,15H,6-11H2,1-5H3/t12-/m0/s1. The van der Waals surface area contributed by atoms with Crippen LogP contribution in [0.2, 0.25) is 0 Å². The van der Waals surface area contributed by atoms with Gasteiger partial charge in [0.1, 0.15) is 0 Å². The fraction of sp³-hybridized carbons (Fsp3) is 1.00. The van der Waals surface area contributed by atoms with Gasteiger partial charge in [0.25, 0.3) is 0 Å². The lowest BCUT2D eigenvalue weighted by Gasteiger charge is -2.22. The highest BCUT2D eigenvalue weighted by Gasteiger charge is 2.16. The maximum Gasteiger partial charge on any atom is 0.157 e. The number of rotatable bonds is 10. The van der Waals surface area contributed by atoms with Gasteiger partial charge in [0.15, 0.2) is 6.29 Å². The van der Waals surface area contributed by atoms with Gasteiger partial charge in [-0.25, -0.2) is 0 Å². The van der Waals surface area contributed by atoms with E-state index in [1.807, 2.05) is 27.7 Å². The van der Waals surface area contributed by atoms with Gasteiger partial charge < -0.3 is 14.6 Å². The zero-order valence-corrected chi connectivity index (χ0v) is 12.2. The molecule has 3 heteroatoms. The Labute approximate surface area is 107 Å². The monoisotopic (exact) mass is 246 g/mol. The minimum absolute atomic E-state index is 0.0675. The minimum atomic E-state index is -0.543. The van der Waals surface area contributed by atoms with Crippen molar-refractivity contribution in [3.8, 4) is 0 Å². The number of hydrogen-bond acceptors (Lipinski definition) is 3. The fourth-order valence-corrected chi connectivity index (χ4v) is 1.89. The summed E-state index contributed by atoms with van der Waals surface area (Å²) >= 11 is 0. The van der Waals surface area contributed by atoms with E-state index in [0.717, 1.165) is 25.7 Å². The molecule has 0 aromatic rings. The molecule has 0 aliphatic carbocycles. The Hall–Kier alpha value is -0.120. The van der Waals surface area contributed by atoms with E-state index < -0.39 is 5.60 Å². The van der Waals surface area contributed by atoms with Crippen molar-refractivity contribution in [2.75, 3.05) is 13.2 Å². The van der Waals surface area contributed by atoms with Crippen molar-refractivity contribution in [2.45, 2.75) is 72.2 Å². The highest BCUT2D eigenvalue weighted by Crippen LogP contribution is 2.20. The molecule has 0 spiro atoms. The van der Waals surface area contributed by atoms with Crippen molar-refractivity contribution in [3.05, 3.63) is 0 Å². The van der Waals surface area contributed by atoms with E-state index in [4.69, 9.17) is 9.47 Å². The third-order valence-electron chi connectivity index (χ3n) is 2.79. The molecule has 0 amide bonds. The Morgan fingerprint density at radius 3 is 2.06 bits per heavy atom. The number of ether oxygens (including phenoxy) is 2. The molecule has 0 rings (SSSR count). The van der Waals surface area contributed by atoms with Gasteiger partial charge in [-0.3, -0.25) is 0 Å². The molecule has 1 N–H and O–H groups in total. The molecule has 0 fully saturated rings. The SMILES string of the molecule is CCOC(C[C@@H](C)CCCC(C)(C)O)OCC. The predicted octanol–water partition coefficient (Wildman–Crippen LogP) is 3.35. The van der Waals surface area contributed by atoms with Crippen LogP contribution in [0.25, 0.3) is 0 Å². The lowest BCUT2D eigenvalue weighted by molar-refractivity contribution is -0.145. The normalized spacial score (nSPS) is 14.3. The summed E-state index contributed by atoms with van der Waals surface area (Å²) in [6.45, 7) is 11.3. The third-order valence-corrected chi connectivity index (χ3v) is 2.79. The Kier molecular flexibility index (Phi) is 8.83. The van der Waals surface area contributed by atoms with Gasteiger partial charge in [-0.05, 0) is 40.0 Å². The third kappa shape index (κ3) is 10.7. The zero-order chi connectivity index (χ0) is 13.3. The first-order valence-electron chi connectivity index (χ1n) is 6.84. The van der Waals surface area contributed by atoms with Gasteiger partial charge in [-0.1, -0.05) is 19.8 Å². The number of hydrogen-bond donors (Lipinski definition) is 1. The molecule has 0 saturated carbocycles. The van der Waals surface area contributed by atoms with Crippen LogP contribution < -0.4 is 0 Å². The quantitative estimate of drug-likeness (QED) is 0.601. The molecule has 0 aliphatic rings. The van der Waals surface area contributed by atoms with E-state index in [-0.39, 0.29) is 6.29 Å². The lowest BCUT2D eigenvalue weighted by Crippen LogP contribution is -2.21. The molecule has 0 aromatic carbocycles. The van der Waals surface area contributed by atoms with E-state index in [1.54, 1.807) is 0 Å². The zero-order valence-electron chi connectivity index (χ0n) is 12.2. The van der Waals surface area contributed by atoms with Gasteiger partial charge in [-0.15, -0.1) is 0 Å². The van der Waals surface area contributed by atoms with Gasteiger partial charge in [-0.2, -0.15) is 0 Å². The summed E-state index contributed by atoms with van der Waals surface area (Å²) in [5, 5.41) is 9.63. The summed E-state index contributed by atoms with van der Waals surface area (Å²) in [7, 11) is 0. The van der Waals surface area contributed by atoms with E-state index in [1.165, 1.54) is 0 Å². The van der Waals surface area contributed by atoms with Crippen LogP contribution in [0.15, 0.2) is 0 Å². The fourth-order valence-electron chi connectivity index (χ4n) is 1.89. The van der Waals surface area contributed by atoms with Crippen molar-refractivity contribution in [2.24, 2.45) is 5.92 Å². The van der Waals surface area contributed by atoms with Crippen LogP contribution in [-0.4, -0.2) is 30.2 Å². The molecule has 0 aromatic heterocycles. The average Bonchev–Trinajstić information content (AvgIpc) is 2.16. The second-order valence-corrected chi connectivity index (χ2v) is 5.39. The van der Waals surface area contributed by atoms with Crippen LogP contribution in [-0.2, 0) is 9.47 Å². The summed E-state index contributed by atoms with van der Waals surface area (Å²) in [6, 6.07) is 0. The maximum absolute atomic E-state index is 9.63. The molecule has 3 nitrogen and oxygen atoms in total. The molecule has 0 bridgehead atoms. The molecule has 0 aliphatic heterocycles. The topological polar surface area (TPSA) is 38.7 Å².